The normalized spacial score (nSPS) is 13.4. The average Bonchev–Trinajstić information content (AvgIpc) is 3.57. The summed E-state index contributed by atoms with van der Waals surface area (Å²) < 4.78 is 0. The summed E-state index contributed by atoms with van der Waals surface area (Å²) >= 11 is 0. The number of hydrogen-bond donors (Lipinski definition) is 0. The van der Waals surface area contributed by atoms with Crippen LogP contribution in [0, 0.1) is 34.1 Å². The zero-order valence-corrected chi connectivity index (χ0v) is 28.6. The number of benzene rings is 6. The van der Waals surface area contributed by atoms with E-state index in [1.807, 2.05) is 26.0 Å². The summed E-state index contributed by atoms with van der Waals surface area (Å²) in [5, 5.41) is 22.1. The molecule has 262 valence electrons. The van der Waals surface area contributed by atoms with Gasteiger partial charge in [0.05, 0.1) is 43.5 Å². The molecule has 2 aliphatic rings. The molecular formula is C42H26N4O8. The SMILES string of the molecule is Cc1cc(N2C(=O)c3ccc(-c4ccc([N+](=O)[O-])cc4)cc3C2=O)ccc1-c1ccc(N2C(=O)c3ccc(-c4ccc([N+](=O)[O-])cc4)cc3C2=O)cc1C. The quantitative estimate of drug-likeness (QED) is 0.0901. The largest absolute Gasteiger partial charge is 0.269 e. The first-order valence-corrected chi connectivity index (χ1v) is 16.7. The second-order valence-electron chi connectivity index (χ2n) is 13.0. The number of nitro benzene ring substituents is 2. The van der Waals surface area contributed by atoms with E-state index in [1.165, 1.54) is 24.3 Å². The first-order valence-electron chi connectivity index (χ1n) is 16.7. The van der Waals surface area contributed by atoms with Crippen molar-refractivity contribution in [3.05, 3.63) is 175 Å². The number of carbonyl (C=O) groups is 4. The van der Waals surface area contributed by atoms with Gasteiger partial charge in [-0.25, -0.2) is 9.80 Å². The van der Waals surface area contributed by atoms with Gasteiger partial charge in [-0.1, -0.05) is 24.3 Å². The number of imide groups is 2. The number of carbonyl (C=O) groups excluding carboxylic acids is 4. The van der Waals surface area contributed by atoms with Gasteiger partial charge in [0.25, 0.3) is 35.0 Å². The summed E-state index contributed by atoms with van der Waals surface area (Å²) in [6.45, 7) is 3.73. The molecule has 0 radical (unpaired) electrons. The van der Waals surface area contributed by atoms with Crippen LogP contribution < -0.4 is 9.80 Å². The van der Waals surface area contributed by atoms with Crippen LogP contribution in [-0.2, 0) is 0 Å². The number of amides is 4. The lowest BCUT2D eigenvalue weighted by Crippen LogP contribution is -2.29. The topological polar surface area (TPSA) is 161 Å². The molecule has 0 aliphatic carbocycles. The second kappa shape index (κ2) is 12.6. The molecule has 6 aromatic carbocycles. The Morgan fingerprint density at radius 2 is 0.704 bits per heavy atom. The minimum absolute atomic E-state index is 0.0526. The maximum Gasteiger partial charge on any atom is 0.269 e. The molecular weight excluding hydrogens is 688 g/mol. The predicted molar refractivity (Wildman–Crippen MR) is 201 cm³/mol. The lowest BCUT2D eigenvalue weighted by Gasteiger charge is -2.19. The number of fused-ring (bicyclic) bond motifs is 2. The van der Waals surface area contributed by atoms with Crippen LogP contribution in [-0.4, -0.2) is 33.5 Å². The van der Waals surface area contributed by atoms with E-state index in [9.17, 15) is 39.4 Å². The summed E-state index contributed by atoms with van der Waals surface area (Å²) in [6.07, 6.45) is 0. The highest BCUT2D eigenvalue weighted by atomic mass is 16.6. The average molecular weight is 715 g/mol. The maximum atomic E-state index is 13.6. The van der Waals surface area contributed by atoms with Crippen molar-refractivity contribution in [2.24, 2.45) is 0 Å². The van der Waals surface area contributed by atoms with Crippen LogP contribution in [0.4, 0.5) is 22.7 Å². The Labute approximate surface area is 306 Å². The van der Waals surface area contributed by atoms with Gasteiger partial charge in [0.15, 0.2) is 0 Å². The van der Waals surface area contributed by atoms with E-state index in [0.29, 0.717) is 33.6 Å². The molecule has 0 unspecified atom stereocenters. The van der Waals surface area contributed by atoms with Crippen LogP contribution >= 0.6 is 0 Å². The first kappa shape index (κ1) is 33.5. The minimum Gasteiger partial charge on any atom is -0.268 e. The number of nitro groups is 2. The summed E-state index contributed by atoms with van der Waals surface area (Å²) in [7, 11) is 0. The number of hydrogen-bond acceptors (Lipinski definition) is 8. The Bertz CT molecular complexity index is 2480. The molecule has 0 spiro atoms. The van der Waals surface area contributed by atoms with Crippen molar-refractivity contribution in [2.75, 3.05) is 9.80 Å². The molecule has 0 N–H and O–H groups in total. The van der Waals surface area contributed by atoms with Crippen molar-refractivity contribution in [1.82, 2.24) is 0 Å². The molecule has 4 amide bonds. The highest BCUT2D eigenvalue weighted by Gasteiger charge is 2.38. The fraction of sp³-hybridized carbons (Fsp3) is 0.0476. The number of rotatable bonds is 7. The molecule has 0 saturated carbocycles. The number of non-ortho nitro benzene ring substituents is 2. The van der Waals surface area contributed by atoms with E-state index in [4.69, 9.17) is 0 Å². The van der Waals surface area contributed by atoms with Crippen LogP contribution in [0.5, 0.6) is 0 Å². The Morgan fingerprint density at radius 3 is 1.04 bits per heavy atom. The highest BCUT2D eigenvalue weighted by Crippen LogP contribution is 2.38. The smallest absolute Gasteiger partial charge is 0.268 e. The third-order valence-corrected chi connectivity index (χ3v) is 9.82. The number of aryl methyl sites for hydroxylation is 2. The summed E-state index contributed by atoms with van der Waals surface area (Å²) in [5.41, 5.74) is 7.52. The van der Waals surface area contributed by atoms with E-state index >= 15 is 0 Å². The molecule has 6 aromatic rings. The molecule has 0 saturated heterocycles. The summed E-state index contributed by atoms with van der Waals surface area (Å²) in [4.78, 5) is 77.6. The van der Waals surface area contributed by atoms with Crippen LogP contribution in [0.3, 0.4) is 0 Å². The molecule has 2 aliphatic heterocycles. The van der Waals surface area contributed by atoms with Gasteiger partial charge in [0.1, 0.15) is 0 Å². The van der Waals surface area contributed by atoms with Crippen molar-refractivity contribution in [3.63, 3.8) is 0 Å². The molecule has 0 aromatic heterocycles. The third-order valence-electron chi connectivity index (χ3n) is 9.82. The molecule has 0 atom stereocenters. The van der Waals surface area contributed by atoms with Gasteiger partial charge in [0.2, 0.25) is 0 Å². The van der Waals surface area contributed by atoms with Gasteiger partial charge in [0, 0.05) is 24.3 Å². The van der Waals surface area contributed by atoms with Crippen molar-refractivity contribution in [2.45, 2.75) is 13.8 Å². The van der Waals surface area contributed by atoms with Gasteiger partial charge in [-0.2, -0.15) is 0 Å². The zero-order chi connectivity index (χ0) is 38.0. The molecule has 2 heterocycles. The van der Waals surface area contributed by atoms with Gasteiger partial charge in [-0.15, -0.1) is 0 Å². The van der Waals surface area contributed by atoms with Crippen LogP contribution in [0.1, 0.15) is 52.6 Å². The Kier molecular flexibility index (Phi) is 7.80. The Hall–Kier alpha value is -7.60. The third kappa shape index (κ3) is 5.40. The summed E-state index contributed by atoms with van der Waals surface area (Å²) in [5.74, 6) is -1.88. The van der Waals surface area contributed by atoms with Crippen LogP contribution in [0.15, 0.2) is 121 Å². The van der Waals surface area contributed by atoms with Crippen molar-refractivity contribution < 1.29 is 29.0 Å². The van der Waals surface area contributed by atoms with E-state index in [-0.39, 0.29) is 33.6 Å². The molecule has 12 nitrogen and oxygen atoms in total. The van der Waals surface area contributed by atoms with Gasteiger partial charge in [-0.3, -0.25) is 39.4 Å². The fourth-order valence-electron chi connectivity index (χ4n) is 7.04. The molecule has 54 heavy (non-hydrogen) atoms. The Morgan fingerprint density at radius 1 is 0.389 bits per heavy atom. The van der Waals surface area contributed by atoms with Gasteiger partial charge >= 0.3 is 0 Å². The highest BCUT2D eigenvalue weighted by molar-refractivity contribution is 6.35. The van der Waals surface area contributed by atoms with Gasteiger partial charge in [-0.05, 0) is 131 Å². The van der Waals surface area contributed by atoms with E-state index in [1.54, 1.807) is 84.9 Å². The van der Waals surface area contributed by atoms with E-state index < -0.39 is 33.5 Å². The first-order chi connectivity index (χ1) is 25.9. The standard InChI is InChI=1S/C42H26N4O8/c1-23-19-31(43-39(47)35-15-7-27(21-37(35)41(43)49)25-3-9-29(10-4-25)45(51)52)13-17-33(23)34-18-14-32(20-24(34)2)44-40(48)36-16-8-28(22-38(36)42(44)50)26-5-11-30(12-6-26)46(53)54/h3-22H,1-2H3. The van der Waals surface area contributed by atoms with Crippen molar-refractivity contribution in [1.29, 1.82) is 0 Å². The lowest BCUT2D eigenvalue weighted by atomic mass is 9.95. The van der Waals surface area contributed by atoms with Gasteiger partial charge < -0.3 is 0 Å². The predicted octanol–water partition coefficient (Wildman–Crippen LogP) is 8.72. The molecule has 0 fully saturated rings. The van der Waals surface area contributed by atoms with E-state index in [0.717, 1.165) is 32.1 Å². The summed E-state index contributed by atoms with van der Waals surface area (Å²) in [6, 6.07) is 32.3. The maximum absolute atomic E-state index is 13.6. The Balaban J connectivity index is 1.03. The minimum atomic E-state index is -0.488. The van der Waals surface area contributed by atoms with Crippen LogP contribution in [0.2, 0.25) is 0 Å². The van der Waals surface area contributed by atoms with E-state index in [2.05, 4.69) is 0 Å². The fourth-order valence-corrected chi connectivity index (χ4v) is 7.04. The second-order valence-corrected chi connectivity index (χ2v) is 13.0. The zero-order valence-electron chi connectivity index (χ0n) is 28.6. The molecule has 8 rings (SSSR count). The number of anilines is 2. The van der Waals surface area contributed by atoms with Crippen molar-refractivity contribution in [3.8, 4) is 33.4 Å². The monoisotopic (exact) mass is 714 g/mol. The molecule has 0 bridgehead atoms. The number of nitrogens with zero attached hydrogens (tertiary/aromatic N) is 4. The molecule has 12 heteroatoms. The van der Waals surface area contributed by atoms with Crippen molar-refractivity contribution >= 4 is 46.4 Å². The lowest BCUT2D eigenvalue weighted by molar-refractivity contribution is -0.385. The van der Waals surface area contributed by atoms with Crippen LogP contribution in [0.25, 0.3) is 33.4 Å².